The van der Waals surface area contributed by atoms with Crippen molar-refractivity contribution in [3.8, 4) is 0 Å². The minimum Gasteiger partial charge on any atom is -0.450 e. The number of aliphatic hydroxyl groups is 1. The van der Waals surface area contributed by atoms with Gasteiger partial charge in [0.1, 0.15) is 36.3 Å². The van der Waals surface area contributed by atoms with E-state index in [1.807, 2.05) is 57.2 Å². The summed E-state index contributed by atoms with van der Waals surface area (Å²) in [6.45, 7) is 16.6. The normalized spacial score (nSPS) is 27.1. The highest BCUT2D eigenvalue weighted by Gasteiger charge is 2.46. The first kappa shape index (κ1) is 61.2. The van der Waals surface area contributed by atoms with Gasteiger partial charge in [-0.05, 0) is 69.9 Å². The fourth-order valence-electron chi connectivity index (χ4n) is 9.55. The molecule has 19 heteroatoms. The Labute approximate surface area is 443 Å². The summed E-state index contributed by atoms with van der Waals surface area (Å²) in [5.41, 5.74) is -0.498. The van der Waals surface area contributed by atoms with Gasteiger partial charge in [-0.2, -0.15) is 0 Å². The molecule has 8 amide bonds. The van der Waals surface area contributed by atoms with Gasteiger partial charge in [-0.1, -0.05) is 109 Å². The molecule has 11 unspecified atom stereocenters. The van der Waals surface area contributed by atoms with Crippen molar-refractivity contribution in [1.29, 1.82) is 0 Å². The summed E-state index contributed by atoms with van der Waals surface area (Å²) in [4.78, 5) is 137. The number of fused-ring (bicyclic) bond motifs is 2. The summed E-state index contributed by atoms with van der Waals surface area (Å²) in [6.07, 6.45) is -0.205. The summed E-state index contributed by atoms with van der Waals surface area (Å²) < 4.78 is 5.98. The van der Waals surface area contributed by atoms with E-state index >= 15 is 0 Å². The van der Waals surface area contributed by atoms with Crippen LogP contribution in [0.3, 0.4) is 0 Å². The molecule has 4 rings (SSSR count). The first-order chi connectivity index (χ1) is 35.1. The fourth-order valence-corrected chi connectivity index (χ4v) is 9.55. The molecule has 4 N–H and O–H groups in total. The zero-order valence-corrected chi connectivity index (χ0v) is 46.6. The topological polar surface area (TPSA) is 235 Å². The zero-order valence-electron chi connectivity index (χ0n) is 46.6. The average Bonchev–Trinajstić information content (AvgIpc) is 3.88. The number of nitrogens with one attached hydrogen (secondary N) is 3. The van der Waals surface area contributed by atoms with Gasteiger partial charge in [0.05, 0.1) is 11.5 Å². The molecule has 2 fully saturated rings. The monoisotopic (exact) mass is 1040 g/mol. The van der Waals surface area contributed by atoms with Crippen LogP contribution in [0.1, 0.15) is 106 Å². The number of benzene rings is 2. The van der Waals surface area contributed by atoms with Crippen molar-refractivity contribution >= 4 is 53.2 Å². The van der Waals surface area contributed by atoms with Crippen molar-refractivity contribution in [3.05, 3.63) is 71.8 Å². The molecule has 2 aromatic carbocycles. The maximum atomic E-state index is 15.0. The molecule has 0 radical (unpaired) electrons. The predicted octanol–water partition coefficient (Wildman–Crippen LogP) is 2.96. The summed E-state index contributed by atoms with van der Waals surface area (Å²) >= 11 is 0. The van der Waals surface area contributed by atoms with Crippen molar-refractivity contribution in [2.45, 2.75) is 162 Å². The number of carbonyl (C=O) groups is 9. The number of hydrogen-bond acceptors (Lipinski definition) is 11. The Bertz CT molecular complexity index is 2330. The van der Waals surface area contributed by atoms with Gasteiger partial charge in [-0.3, -0.25) is 38.4 Å². The van der Waals surface area contributed by atoms with Crippen LogP contribution in [0.2, 0.25) is 0 Å². The van der Waals surface area contributed by atoms with E-state index in [2.05, 4.69) is 16.0 Å². The number of hydrogen-bond donors (Lipinski definition) is 4. The highest BCUT2D eigenvalue weighted by atomic mass is 16.6. The van der Waals surface area contributed by atoms with Crippen LogP contribution in [0.4, 0.5) is 0 Å². The molecule has 0 saturated carbocycles. The first-order valence-corrected chi connectivity index (χ1v) is 26.4. The molecule has 2 aliphatic rings. The van der Waals surface area contributed by atoms with Crippen LogP contribution in [-0.2, 0) is 60.7 Å². The number of cyclic esters (lactones) is 1. The number of likely N-dealkylation sites (N-methyl/N-ethyl adjacent to an activating group) is 4. The number of rotatable bonds is 11. The first-order valence-electron chi connectivity index (χ1n) is 26.4. The lowest BCUT2D eigenvalue weighted by Crippen LogP contribution is -2.62. The standard InChI is InChI=1S/C56H84N8O11/c1-15-34(5)44-53(71)60(11)36(7)47(65)57-41(29-33(3)4)51(69)63(14)46(56(9,10)74)55(73)75-45(35(6)16-2)54(72)61(12)37(8)48(66)58-42(30-38-23-19-17-20-24-38)50(68)62(13)43(31-39-25-21-18-22-26-39)52(70)64-28-27-40(32-64)49(67)59-44/h17-26,33-37,40-46,74H,15-16,27-32H2,1-14H3,(H,57,65)(H,58,66)(H,59,67). The molecule has 19 nitrogen and oxygen atoms in total. The molecule has 0 spiro atoms. The van der Waals surface area contributed by atoms with Crippen LogP contribution in [0.15, 0.2) is 60.7 Å². The van der Waals surface area contributed by atoms with Gasteiger partial charge in [0.25, 0.3) is 5.91 Å². The Morgan fingerprint density at radius 2 is 1.11 bits per heavy atom. The molecule has 2 heterocycles. The van der Waals surface area contributed by atoms with Crippen molar-refractivity contribution in [1.82, 2.24) is 40.4 Å². The van der Waals surface area contributed by atoms with Crippen LogP contribution < -0.4 is 16.0 Å². The lowest BCUT2D eigenvalue weighted by molar-refractivity contribution is -0.177. The van der Waals surface area contributed by atoms with Crippen LogP contribution in [0, 0.1) is 23.7 Å². The number of ether oxygens (including phenoxy) is 1. The summed E-state index contributed by atoms with van der Waals surface area (Å²) in [5, 5.41) is 20.1. The molecule has 2 saturated heterocycles. The Morgan fingerprint density at radius 1 is 0.613 bits per heavy atom. The van der Waals surface area contributed by atoms with Gasteiger partial charge in [0.2, 0.25) is 41.4 Å². The van der Waals surface area contributed by atoms with Crippen molar-refractivity contribution in [2.75, 3.05) is 41.3 Å². The van der Waals surface area contributed by atoms with Crippen molar-refractivity contribution in [2.24, 2.45) is 23.7 Å². The molecular weight excluding hydrogens is 961 g/mol. The summed E-state index contributed by atoms with van der Waals surface area (Å²) in [7, 11) is 5.59. The zero-order chi connectivity index (χ0) is 56.2. The van der Waals surface area contributed by atoms with Crippen molar-refractivity contribution < 1.29 is 53.0 Å². The lowest BCUT2D eigenvalue weighted by Gasteiger charge is -2.39. The highest BCUT2D eigenvalue weighted by Crippen LogP contribution is 2.26. The summed E-state index contributed by atoms with van der Waals surface area (Å²) in [6, 6.07) is 9.40. The maximum Gasteiger partial charge on any atom is 0.332 e. The third-order valence-corrected chi connectivity index (χ3v) is 15.1. The van der Waals surface area contributed by atoms with Crippen LogP contribution in [0.5, 0.6) is 0 Å². The minimum absolute atomic E-state index is 0.00288. The molecule has 2 bridgehead atoms. The molecule has 2 aliphatic heterocycles. The number of carbonyl (C=O) groups excluding carboxylic acids is 9. The lowest BCUT2D eigenvalue weighted by atomic mass is 9.94. The van der Waals surface area contributed by atoms with Crippen LogP contribution in [0.25, 0.3) is 0 Å². The molecule has 2 aromatic rings. The van der Waals surface area contributed by atoms with E-state index in [0.29, 0.717) is 18.4 Å². The molecular formula is C56H84N8O11. The van der Waals surface area contributed by atoms with Gasteiger partial charge in [-0.15, -0.1) is 0 Å². The van der Waals surface area contributed by atoms with E-state index < -0.39 is 119 Å². The largest absolute Gasteiger partial charge is 0.450 e. The second kappa shape index (κ2) is 26.9. The fraction of sp³-hybridized carbons (Fsp3) is 0.625. The SMILES string of the molecule is CCC(C)C1NC(=O)C2CCN(C2)C(=O)C(Cc2ccccc2)N(C)C(=O)C(Cc2ccccc2)NC(=O)C(C)N(C)C(=O)C(C(C)CC)OC(=O)C(C(C)(C)O)N(C)C(=O)C(CC(C)C)NC(=O)C(C)N(C)C1=O. The van der Waals surface area contributed by atoms with Crippen LogP contribution >= 0.6 is 0 Å². The van der Waals surface area contributed by atoms with E-state index in [1.165, 1.54) is 65.7 Å². The predicted molar refractivity (Wildman–Crippen MR) is 283 cm³/mol. The molecule has 414 valence electrons. The van der Waals surface area contributed by atoms with Gasteiger partial charge in [-0.25, -0.2) is 4.79 Å². The van der Waals surface area contributed by atoms with E-state index in [9.17, 15) is 48.3 Å². The Hall–Kier alpha value is -6.37. The third-order valence-electron chi connectivity index (χ3n) is 15.1. The smallest absolute Gasteiger partial charge is 0.332 e. The van der Waals surface area contributed by atoms with E-state index in [1.54, 1.807) is 49.9 Å². The number of nitrogens with zero attached hydrogens (tertiary/aromatic N) is 5. The third kappa shape index (κ3) is 15.6. The average molecular weight is 1050 g/mol. The molecule has 0 aromatic heterocycles. The molecule has 75 heavy (non-hydrogen) atoms. The van der Waals surface area contributed by atoms with Gasteiger partial charge >= 0.3 is 5.97 Å². The molecule has 11 atom stereocenters. The Morgan fingerprint density at radius 3 is 1.61 bits per heavy atom. The molecule has 0 aliphatic carbocycles. The van der Waals surface area contributed by atoms with Gasteiger partial charge in [0, 0.05) is 60.0 Å². The highest BCUT2D eigenvalue weighted by molar-refractivity contribution is 5.97. The number of amides is 8. The van der Waals surface area contributed by atoms with E-state index in [0.717, 1.165) is 15.4 Å². The van der Waals surface area contributed by atoms with Crippen molar-refractivity contribution in [3.63, 3.8) is 0 Å². The van der Waals surface area contributed by atoms with E-state index in [4.69, 9.17) is 4.74 Å². The van der Waals surface area contributed by atoms with Gasteiger partial charge in [0.15, 0.2) is 12.1 Å². The maximum absolute atomic E-state index is 15.0. The minimum atomic E-state index is -1.96. The summed E-state index contributed by atoms with van der Waals surface area (Å²) in [5.74, 6) is -8.00. The number of esters is 1. The second-order valence-electron chi connectivity index (χ2n) is 21.7. The second-order valence-corrected chi connectivity index (χ2v) is 21.7. The quantitative estimate of drug-likeness (QED) is 0.239. The Kier molecular flexibility index (Phi) is 22.0. The Balaban J connectivity index is 1.86. The van der Waals surface area contributed by atoms with E-state index in [-0.39, 0.29) is 50.6 Å². The van der Waals surface area contributed by atoms with Gasteiger partial charge < -0.3 is 50.3 Å². The van der Waals surface area contributed by atoms with Crippen LogP contribution in [-0.4, -0.2) is 178 Å².